The zero-order chi connectivity index (χ0) is 19.2. The molecular formula is C19H18N4O2S2. The molecule has 8 heteroatoms. The van der Waals surface area contributed by atoms with Gasteiger partial charge < -0.3 is 5.32 Å². The van der Waals surface area contributed by atoms with Gasteiger partial charge in [0, 0.05) is 11.3 Å². The maximum Gasteiger partial charge on any atom is 0.257 e. The summed E-state index contributed by atoms with van der Waals surface area (Å²) in [6.45, 7) is 3.93. The number of anilines is 2. The molecule has 0 aliphatic carbocycles. The summed E-state index contributed by atoms with van der Waals surface area (Å²) in [5.41, 5.74) is 3.50. The summed E-state index contributed by atoms with van der Waals surface area (Å²) in [6.07, 6.45) is 0. The van der Waals surface area contributed by atoms with Crippen molar-refractivity contribution in [2.75, 3.05) is 16.4 Å². The Hall–Kier alpha value is -2.71. The van der Waals surface area contributed by atoms with Gasteiger partial charge in [0.1, 0.15) is 0 Å². The highest BCUT2D eigenvalue weighted by molar-refractivity contribution is 8.01. The molecule has 2 amide bonds. The van der Waals surface area contributed by atoms with Crippen LogP contribution in [0.5, 0.6) is 0 Å². The maximum absolute atomic E-state index is 12.2. The number of carbonyl (C=O) groups is 2. The summed E-state index contributed by atoms with van der Waals surface area (Å²) in [7, 11) is 0. The minimum absolute atomic E-state index is 0.119. The van der Waals surface area contributed by atoms with E-state index in [9.17, 15) is 9.59 Å². The van der Waals surface area contributed by atoms with Crippen molar-refractivity contribution >= 4 is 45.7 Å². The standard InChI is InChI=1S/C19H18N4O2S2/c1-12-6-8-14(9-7-12)17(25)21-18-22-23-19(27-18)26-11-16(24)20-15-5-3-4-13(2)10-15/h3-10H,11H2,1-2H3,(H,20,24)(H,21,22,25). The highest BCUT2D eigenvalue weighted by Gasteiger charge is 2.12. The van der Waals surface area contributed by atoms with E-state index in [1.54, 1.807) is 12.1 Å². The Balaban J connectivity index is 1.51. The third-order valence-electron chi connectivity index (χ3n) is 3.57. The smallest absolute Gasteiger partial charge is 0.257 e. The van der Waals surface area contributed by atoms with Gasteiger partial charge in [-0.1, -0.05) is 52.9 Å². The lowest BCUT2D eigenvalue weighted by Gasteiger charge is -2.04. The lowest BCUT2D eigenvalue weighted by Crippen LogP contribution is -2.13. The fourth-order valence-corrected chi connectivity index (χ4v) is 3.79. The van der Waals surface area contributed by atoms with Crippen LogP contribution in [0.2, 0.25) is 0 Å². The molecule has 2 N–H and O–H groups in total. The Morgan fingerprint density at radius 1 is 1.00 bits per heavy atom. The lowest BCUT2D eigenvalue weighted by molar-refractivity contribution is -0.113. The van der Waals surface area contributed by atoms with E-state index in [2.05, 4.69) is 20.8 Å². The first-order valence-electron chi connectivity index (χ1n) is 8.20. The van der Waals surface area contributed by atoms with Crippen LogP contribution in [0.15, 0.2) is 52.9 Å². The maximum atomic E-state index is 12.2. The minimum Gasteiger partial charge on any atom is -0.325 e. The van der Waals surface area contributed by atoms with E-state index >= 15 is 0 Å². The number of benzene rings is 2. The van der Waals surface area contributed by atoms with Gasteiger partial charge in [0.15, 0.2) is 4.34 Å². The number of rotatable bonds is 6. The topological polar surface area (TPSA) is 84.0 Å². The molecule has 1 heterocycles. The first-order valence-corrected chi connectivity index (χ1v) is 10.0. The first-order chi connectivity index (χ1) is 13.0. The van der Waals surface area contributed by atoms with Gasteiger partial charge in [-0.2, -0.15) is 0 Å². The molecule has 0 fully saturated rings. The molecule has 6 nitrogen and oxygen atoms in total. The predicted octanol–water partition coefficient (Wildman–Crippen LogP) is 4.14. The van der Waals surface area contributed by atoms with Crippen molar-refractivity contribution in [1.29, 1.82) is 0 Å². The van der Waals surface area contributed by atoms with Crippen molar-refractivity contribution in [1.82, 2.24) is 10.2 Å². The van der Waals surface area contributed by atoms with Gasteiger partial charge in [-0.3, -0.25) is 14.9 Å². The number of thioether (sulfide) groups is 1. The average Bonchev–Trinajstić information content (AvgIpc) is 3.08. The summed E-state index contributed by atoms with van der Waals surface area (Å²) < 4.78 is 0.619. The van der Waals surface area contributed by atoms with E-state index in [1.807, 2.05) is 50.2 Å². The van der Waals surface area contributed by atoms with Crippen LogP contribution in [0.1, 0.15) is 21.5 Å². The number of amides is 2. The van der Waals surface area contributed by atoms with Crippen molar-refractivity contribution in [3.05, 3.63) is 65.2 Å². The molecule has 2 aromatic carbocycles. The van der Waals surface area contributed by atoms with Gasteiger partial charge in [-0.15, -0.1) is 10.2 Å². The largest absolute Gasteiger partial charge is 0.325 e. The molecule has 138 valence electrons. The van der Waals surface area contributed by atoms with E-state index < -0.39 is 0 Å². The molecule has 0 unspecified atom stereocenters. The quantitative estimate of drug-likeness (QED) is 0.482. The van der Waals surface area contributed by atoms with E-state index in [-0.39, 0.29) is 17.6 Å². The Bertz CT molecular complexity index is 954. The second-order valence-corrected chi connectivity index (χ2v) is 8.10. The predicted molar refractivity (Wildman–Crippen MR) is 110 cm³/mol. The molecule has 3 rings (SSSR count). The Morgan fingerprint density at radius 3 is 2.52 bits per heavy atom. The molecule has 27 heavy (non-hydrogen) atoms. The Kier molecular flexibility index (Phi) is 6.20. The molecule has 3 aromatic rings. The first kappa shape index (κ1) is 19.1. The summed E-state index contributed by atoms with van der Waals surface area (Å²) in [4.78, 5) is 24.2. The van der Waals surface area contributed by atoms with Crippen LogP contribution in [-0.2, 0) is 4.79 Å². The van der Waals surface area contributed by atoms with Crippen LogP contribution in [0, 0.1) is 13.8 Å². The highest BCUT2D eigenvalue weighted by atomic mass is 32.2. The fraction of sp³-hybridized carbons (Fsp3) is 0.158. The molecular weight excluding hydrogens is 380 g/mol. The Morgan fingerprint density at radius 2 is 1.78 bits per heavy atom. The molecule has 0 spiro atoms. The molecule has 1 aromatic heterocycles. The third-order valence-corrected chi connectivity index (χ3v) is 5.54. The van der Waals surface area contributed by atoms with Gasteiger partial charge >= 0.3 is 0 Å². The molecule has 0 atom stereocenters. The van der Waals surface area contributed by atoms with Crippen LogP contribution in [0.3, 0.4) is 0 Å². The number of nitrogens with zero attached hydrogens (tertiary/aromatic N) is 2. The minimum atomic E-state index is -0.236. The zero-order valence-corrected chi connectivity index (χ0v) is 16.5. The van der Waals surface area contributed by atoms with Crippen molar-refractivity contribution in [3.8, 4) is 0 Å². The fourth-order valence-electron chi connectivity index (χ4n) is 2.24. The number of aryl methyl sites for hydroxylation is 2. The SMILES string of the molecule is Cc1ccc(C(=O)Nc2nnc(SCC(=O)Nc3cccc(C)c3)s2)cc1. The van der Waals surface area contributed by atoms with Crippen LogP contribution < -0.4 is 10.6 Å². The summed E-state index contributed by atoms with van der Waals surface area (Å²) in [5.74, 6) is -0.139. The molecule has 0 saturated carbocycles. The van der Waals surface area contributed by atoms with Crippen LogP contribution >= 0.6 is 23.1 Å². The molecule has 0 bridgehead atoms. The van der Waals surface area contributed by atoms with Gasteiger partial charge in [0.25, 0.3) is 5.91 Å². The number of aromatic nitrogens is 2. The summed E-state index contributed by atoms with van der Waals surface area (Å²) >= 11 is 2.52. The summed E-state index contributed by atoms with van der Waals surface area (Å²) in [5, 5.41) is 13.9. The zero-order valence-electron chi connectivity index (χ0n) is 14.9. The number of hydrogen-bond donors (Lipinski definition) is 2. The Labute approximate surface area is 165 Å². The van der Waals surface area contributed by atoms with Crippen molar-refractivity contribution in [2.24, 2.45) is 0 Å². The second kappa shape index (κ2) is 8.79. The number of nitrogens with one attached hydrogen (secondary N) is 2. The second-order valence-electron chi connectivity index (χ2n) is 5.90. The van der Waals surface area contributed by atoms with E-state index in [0.29, 0.717) is 15.0 Å². The van der Waals surface area contributed by atoms with Crippen LogP contribution in [0.4, 0.5) is 10.8 Å². The lowest BCUT2D eigenvalue weighted by atomic mass is 10.1. The van der Waals surface area contributed by atoms with Crippen LogP contribution in [-0.4, -0.2) is 27.8 Å². The van der Waals surface area contributed by atoms with Crippen molar-refractivity contribution in [3.63, 3.8) is 0 Å². The van der Waals surface area contributed by atoms with E-state index in [4.69, 9.17) is 0 Å². The van der Waals surface area contributed by atoms with E-state index in [0.717, 1.165) is 16.8 Å². The van der Waals surface area contributed by atoms with Gasteiger partial charge in [-0.25, -0.2) is 0 Å². The van der Waals surface area contributed by atoms with Crippen LogP contribution in [0.25, 0.3) is 0 Å². The third kappa shape index (κ3) is 5.63. The molecule has 0 saturated heterocycles. The van der Waals surface area contributed by atoms with Gasteiger partial charge in [0.05, 0.1) is 5.75 Å². The molecule has 0 aliphatic heterocycles. The highest BCUT2D eigenvalue weighted by Crippen LogP contribution is 2.26. The van der Waals surface area contributed by atoms with Gasteiger partial charge in [-0.05, 0) is 43.7 Å². The van der Waals surface area contributed by atoms with Gasteiger partial charge in [0.2, 0.25) is 11.0 Å². The summed E-state index contributed by atoms with van der Waals surface area (Å²) in [6, 6.07) is 14.9. The molecule has 0 aliphatic rings. The number of carbonyl (C=O) groups excluding carboxylic acids is 2. The normalized spacial score (nSPS) is 10.4. The molecule has 0 radical (unpaired) electrons. The van der Waals surface area contributed by atoms with Crippen molar-refractivity contribution < 1.29 is 9.59 Å². The van der Waals surface area contributed by atoms with Crippen molar-refractivity contribution in [2.45, 2.75) is 18.2 Å². The number of hydrogen-bond acceptors (Lipinski definition) is 6. The van der Waals surface area contributed by atoms with E-state index in [1.165, 1.54) is 23.1 Å². The monoisotopic (exact) mass is 398 g/mol. The average molecular weight is 399 g/mol.